The van der Waals surface area contributed by atoms with E-state index in [2.05, 4.69) is 0 Å². The third kappa shape index (κ3) is 3.76. The van der Waals surface area contributed by atoms with Gasteiger partial charge >= 0.3 is 13.2 Å². The molecule has 3 rings (SSSR count). The van der Waals surface area contributed by atoms with Crippen LogP contribution in [0, 0.1) is 0 Å². The van der Waals surface area contributed by atoms with E-state index in [1.54, 1.807) is 18.2 Å². The standard InChI is InChI=1S/C20H28BF2NO4/c1-6-7-11-26-17(25)24-12-14-9-8-10-15(16(14)20(22,23)13-24)21-27-18(2,3)19(4,5)28-21/h8-10H,6-7,11-13H2,1-5H3. The van der Waals surface area contributed by atoms with Crippen molar-refractivity contribution in [1.29, 1.82) is 0 Å². The second-order valence-electron chi connectivity index (χ2n) is 8.50. The second kappa shape index (κ2) is 7.30. The van der Waals surface area contributed by atoms with Gasteiger partial charge in [-0.05, 0) is 45.1 Å². The van der Waals surface area contributed by atoms with Crippen molar-refractivity contribution in [2.24, 2.45) is 0 Å². The number of hydrogen-bond acceptors (Lipinski definition) is 4. The Kier molecular flexibility index (Phi) is 5.49. The zero-order chi connectivity index (χ0) is 20.7. The van der Waals surface area contributed by atoms with Crippen LogP contribution in [0.25, 0.3) is 0 Å². The molecule has 154 valence electrons. The van der Waals surface area contributed by atoms with Gasteiger partial charge in [-0.1, -0.05) is 31.5 Å². The quantitative estimate of drug-likeness (QED) is 0.575. The second-order valence-corrected chi connectivity index (χ2v) is 8.50. The number of carbonyl (C=O) groups is 1. The Labute approximate surface area is 165 Å². The monoisotopic (exact) mass is 395 g/mol. The average molecular weight is 395 g/mol. The molecule has 0 saturated carbocycles. The fraction of sp³-hybridized carbons (Fsp3) is 0.650. The van der Waals surface area contributed by atoms with Crippen molar-refractivity contribution in [1.82, 2.24) is 4.90 Å². The fourth-order valence-corrected chi connectivity index (χ4v) is 3.47. The normalized spacial score (nSPS) is 22.1. The molecule has 0 atom stereocenters. The van der Waals surface area contributed by atoms with Gasteiger partial charge in [-0.3, -0.25) is 4.90 Å². The molecular weight excluding hydrogens is 367 g/mol. The molecule has 2 aliphatic rings. The number of benzene rings is 1. The summed E-state index contributed by atoms with van der Waals surface area (Å²) in [4.78, 5) is 13.3. The zero-order valence-electron chi connectivity index (χ0n) is 17.2. The highest BCUT2D eigenvalue weighted by atomic mass is 19.3. The minimum Gasteiger partial charge on any atom is -0.449 e. The van der Waals surface area contributed by atoms with Crippen molar-refractivity contribution in [3.8, 4) is 0 Å². The van der Waals surface area contributed by atoms with Crippen LogP contribution in [0.5, 0.6) is 0 Å². The van der Waals surface area contributed by atoms with Crippen molar-refractivity contribution < 1.29 is 27.6 Å². The molecule has 0 radical (unpaired) electrons. The number of unbranched alkanes of at least 4 members (excludes halogenated alkanes) is 1. The predicted molar refractivity (Wildman–Crippen MR) is 103 cm³/mol. The van der Waals surface area contributed by atoms with Gasteiger partial charge in [-0.25, -0.2) is 4.79 Å². The summed E-state index contributed by atoms with van der Waals surface area (Å²) >= 11 is 0. The summed E-state index contributed by atoms with van der Waals surface area (Å²) in [6.45, 7) is 9.09. The van der Waals surface area contributed by atoms with Crippen molar-refractivity contribution >= 4 is 18.7 Å². The molecule has 0 spiro atoms. The Morgan fingerprint density at radius 3 is 2.46 bits per heavy atom. The first kappa shape index (κ1) is 21.1. The Morgan fingerprint density at radius 1 is 1.21 bits per heavy atom. The summed E-state index contributed by atoms with van der Waals surface area (Å²) in [5.74, 6) is -3.22. The summed E-state index contributed by atoms with van der Waals surface area (Å²) in [7, 11) is -0.881. The molecule has 0 bridgehead atoms. The molecule has 0 aromatic heterocycles. The van der Waals surface area contributed by atoms with Crippen molar-refractivity contribution in [2.75, 3.05) is 13.2 Å². The van der Waals surface area contributed by atoms with Gasteiger partial charge in [0.05, 0.1) is 24.4 Å². The SMILES string of the molecule is CCCCOC(=O)N1Cc2cccc(B3OC(C)(C)C(C)(C)O3)c2C(F)(F)C1. The number of nitrogens with zero attached hydrogens (tertiary/aromatic N) is 1. The third-order valence-corrected chi connectivity index (χ3v) is 5.79. The number of fused-ring (bicyclic) bond motifs is 1. The van der Waals surface area contributed by atoms with Gasteiger partial charge in [-0.15, -0.1) is 0 Å². The average Bonchev–Trinajstić information content (AvgIpc) is 2.81. The van der Waals surface area contributed by atoms with Gasteiger partial charge in [0.25, 0.3) is 5.92 Å². The number of alkyl halides is 2. The molecule has 1 amide bonds. The molecule has 1 fully saturated rings. The number of rotatable bonds is 4. The maximum absolute atomic E-state index is 15.1. The van der Waals surface area contributed by atoms with E-state index in [1.807, 2.05) is 34.6 Å². The molecule has 1 saturated heterocycles. The van der Waals surface area contributed by atoms with Crippen LogP contribution in [0.15, 0.2) is 18.2 Å². The Balaban J connectivity index is 1.88. The van der Waals surface area contributed by atoms with Gasteiger partial charge in [0, 0.05) is 12.1 Å². The van der Waals surface area contributed by atoms with E-state index in [4.69, 9.17) is 14.0 Å². The third-order valence-electron chi connectivity index (χ3n) is 5.79. The van der Waals surface area contributed by atoms with Gasteiger partial charge in [0.2, 0.25) is 0 Å². The molecule has 1 aromatic rings. The molecule has 2 heterocycles. The molecule has 0 unspecified atom stereocenters. The maximum Gasteiger partial charge on any atom is 0.495 e. The predicted octanol–water partition coefficient (Wildman–Crippen LogP) is 3.83. The molecule has 28 heavy (non-hydrogen) atoms. The summed E-state index contributed by atoms with van der Waals surface area (Å²) in [5.41, 5.74) is -0.652. The van der Waals surface area contributed by atoms with E-state index in [9.17, 15) is 4.79 Å². The zero-order valence-corrected chi connectivity index (χ0v) is 17.2. The van der Waals surface area contributed by atoms with Crippen LogP contribution in [0.3, 0.4) is 0 Å². The Bertz CT molecular complexity index is 738. The van der Waals surface area contributed by atoms with E-state index in [0.717, 1.165) is 11.3 Å². The van der Waals surface area contributed by atoms with Crippen LogP contribution in [-0.2, 0) is 26.5 Å². The van der Waals surface area contributed by atoms with Crippen molar-refractivity contribution in [3.63, 3.8) is 0 Å². The first-order valence-electron chi connectivity index (χ1n) is 9.76. The fourth-order valence-electron chi connectivity index (χ4n) is 3.47. The van der Waals surface area contributed by atoms with Crippen LogP contribution < -0.4 is 5.46 Å². The first-order chi connectivity index (χ1) is 13.0. The Hall–Kier alpha value is -1.67. The van der Waals surface area contributed by atoms with E-state index in [-0.39, 0.29) is 18.7 Å². The first-order valence-corrected chi connectivity index (χ1v) is 9.76. The Morgan fingerprint density at radius 2 is 1.86 bits per heavy atom. The van der Waals surface area contributed by atoms with Gasteiger partial charge in [0.1, 0.15) is 0 Å². The van der Waals surface area contributed by atoms with E-state index >= 15 is 8.78 Å². The molecule has 0 N–H and O–H groups in total. The van der Waals surface area contributed by atoms with Gasteiger partial charge in [-0.2, -0.15) is 8.78 Å². The molecular formula is C20H28BF2NO4. The highest BCUT2D eigenvalue weighted by molar-refractivity contribution is 6.62. The lowest BCUT2D eigenvalue weighted by Gasteiger charge is -2.35. The van der Waals surface area contributed by atoms with Gasteiger partial charge in [0.15, 0.2) is 0 Å². The van der Waals surface area contributed by atoms with Crippen LogP contribution in [0.4, 0.5) is 13.6 Å². The van der Waals surface area contributed by atoms with Crippen LogP contribution in [0.2, 0.25) is 0 Å². The lowest BCUT2D eigenvalue weighted by atomic mass is 9.72. The molecule has 8 heteroatoms. The highest BCUT2D eigenvalue weighted by Crippen LogP contribution is 2.40. The van der Waals surface area contributed by atoms with Crippen molar-refractivity contribution in [3.05, 3.63) is 29.3 Å². The van der Waals surface area contributed by atoms with E-state index in [0.29, 0.717) is 17.4 Å². The largest absolute Gasteiger partial charge is 0.495 e. The topological polar surface area (TPSA) is 48.0 Å². The minimum atomic E-state index is -3.22. The number of ether oxygens (including phenoxy) is 1. The summed E-state index contributed by atoms with van der Waals surface area (Å²) in [6, 6.07) is 4.93. The summed E-state index contributed by atoms with van der Waals surface area (Å²) in [6.07, 6.45) is 0.863. The summed E-state index contributed by atoms with van der Waals surface area (Å²) < 4.78 is 47.4. The summed E-state index contributed by atoms with van der Waals surface area (Å²) in [5, 5.41) is 0. The maximum atomic E-state index is 15.1. The number of halogens is 2. The highest BCUT2D eigenvalue weighted by Gasteiger charge is 2.54. The number of amides is 1. The van der Waals surface area contributed by atoms with E-state index in [1.165, 1.54) is 0 Å². The molecule has 0 aliphatic carbocycles. The number of hydrogen-bond donors (Lipinski definition) is 0. The lowest BCUT2D eigenvalue weighted by Crippen LogP contribution is -2.49. The van der Waals surface area contributed by atoms with E-state index < -0.39 is 36.9 Å². The smallest absolute Gasteiger partial charge is 0.449 e. The van der Waals surface area contributed by atoms with Crippen LogP contribution in [-0.4, -0.2) is 42.5 Å². The molecule has 5 nitrogen and oxygen atoms in total. The van der Waals surface area contributed by atoms with Crippen LogP contribution >= 0.6 is 0 Å². The van der Waals surface area contributed by atoms with Crippen molar-refractivity contribution in [2.45, 2.75) is 71.1 Å². The van der Waals surface area contributed by atoms with Gasteiger partial charge < -0.3 is 14.0 Å². The number of carbonyl (C=O) groups excluding carboxylic acids is 1. The minimum absolute atomic E-state index is 0.0726. The lowest BCUT2D eigenvalue weighted by molar-refractivity contribution is -0.0491. The molecule has 2 aliphatic heterocycles. The van der Waals surface area contributed by atoms with Crippen LogP contribution in [0.1, 0.15) is 58.6 Å². The molecule has 1 aromatic carbocycles.